The Morgan fingerprint density at radius 1 is 0.271 bits per heavy atom. The van der Waals surface area contributed by atoms with Crippen molar-refractivity contribution < 1.29 is 4.42 Å². The molecule has 0 spiro atoms. The summed E-state index contributed by atoms with van der Waals surface area (Å²) >= 11 is 0. The molecule has 0 radical (unpaired) electrons. The van der Waals surface area contributed by atoms with Gasteiger partial charge in [0.2, 0.25) is 0 Å². The Labute approximate surface area is 339 Å². The van der Waals surface area contributed by atoms with Crippen LogP contribution in [0.4, 0.5) is 0 Å². The van der Waals surface area contributed by atoms with Gasteiger partial charge in [-0.05, 0) is 84.2 Å². The summed E-state index contributed by atoms with van der Waals surface area (Å²) in [6.07, 6.45) is 0. The summed E-state index contributed by atoms with van der Waals surface area (Å²) in [5.41, 5.74) is 9.03. The second-order valence-corrected chi connectivity index (χ2v) is 15.1. The molecule has 2 heterocycles. The largest absolute Gasteiger partial charge is 0.455 e. The van der Waals surface area contributed by atoms with Gasteiger partial charge >= 0.3 is 0 Å². The van der Waals surface area contributed by atoms with Crippen LogP contribution in [0.5, 0.6) is 0 Å². The van der Waals surface area contributed by atoms with Crippen molar-refractivity contribution in [3.05, 3.63) is 200 Å². The molecule has 0 bridgehead atoms. The molecule has 12 rings (SSSR count). The standard InChI is InChI=1S/C55H33N3O/c1-3-15-34(16-4-1)53-56-54(35-17-5-2-6-18-35)58-55(57-53)38-20-13-19-36(31-38)47-33-49-51-39(27-14-28-50(51)59-52(49)46-26-12-11-25-44(46)47)37-29-30-45-42-23-8-7-21-40(42)41-22-9-10-24-43(41)48(45)32-37/h1-33H. The van der Waals surface area contributed by atoms with Gasteiger partial charge in [0.15, 0.2) is 17.5 Å². The zero-order valence-electron chi connectivity index (χ0n) is 31.8. The minimum absolute atomic E-state index is 0.623. The Balaban J connectivity index is 1.06. The average Bonchev–Trinajstić information content (AvgIpc) is 3.71. The summed E-state index contributed by atoms with van der Waals surface area (Å²) in [4.78, 5) is 15.0. The van der Waals surface area contributed by atoms with E-state index in [1.54, 1.807) is 0 Å². The number of furan rings is 1. The second kappa shape index (κ2) is 13.3. The number of fused-ring (bicyclic) bond motifs is 11. The number of aromatic nitrogens is 3. The molecule has 4 nitrogen and oxygen atoms in total. The average molecular weight is 752 g/mol. The number of hydrogen-bond acceptors (Lipinski definition) is 4. The van der Waals surface area contributed by atoms with Crippen LogP contribution in [0.3, 0.4) is 0 Å². The first kappa shape index (κ1) is 33.2. The summed E-state index contributed by atoms with van der Waals surface area (Å²) < 4.78 is 6.81. The molecule has 4 heteroatoms. The summed E-state index contributed by atoms with van der Waals surface area (Å²) in [7, 11) is 0. The van der Waals surface area contributed by atoms with Crippen LogP contribution in [0.15, 0.2) is 205 Å². The van der Waals surface area contributed by atoms with E-state index >= 15 is 0 Å². The molecule has 0 aliphatic rings. The Hall–Kier alpha value is -7.95. The highest BCUT2D eigenvalue weighted by molar-refractivity contribution is 6.27. The first-order chi connectivity index (χ1) is 29.2. The molecule has 59 heavy (non-hydrogen) atoms. The van der Waals surface area contributed by atoms with Crippen LogP contribution in [-0.2, 0) is 0 Å². The van der Waals surface area contributed by atoms with E-state index in [1.165, 1.54) is 32.3 Å². The Kier molecular flexibility index (Phi) is 7.50. The second-order valence-electron chi connectivity index (χ2n) is 15.1. The van der Waals surface area contributed by atoms with Gasteiger partial charge < -0.3 is 4.42 Å². The third-order valence-electron chi connectivity index (χ3n) is 11.7. The van der Waals surface area contributed by atoms with Gasteiger partial charge in [-0.15, -0.1) is 0 Å². The summed E-state index contributed by atoms with van der Waals surface area (Å²) in [5, 5.41) is 11.9. The SMILES string of the molecule is c1ccc(-c2nc(-c3ccccc3)nc(-c3cccc(-c4cc5c(oc6cccc(-c7ccc8c9ccccc9c9ccccc9c8c7)c65)c5ccccc45)c3)n2)cc1. The van der Waals surface area contributed by atoms with Crippen LogP contribution in [-0.4, -0.2) is 15.0 Å². The molecule has 0 aliphatic heterocycles. The highest BCUT2D eigenvalue weighted by atomic mass is 16.3. The molecule has 274 valence electrons. The van der Waals surface area contributed by atoms with Gasteiger partial charge in [-0.25, -0.2) is 15.0 Å². The molecule has 0 atom stereocenters. The highest BCUT2D eigenvalue weighted by Gasteiger charge is 2.20. The zero-order chi connectivity index (χ0) is 38.9. The van der Waals surface area contributed by atoms with Gasteiger partial charge in [-0.1, -0.05) is 176 Å². The quantitative estimate of drug-likeness (QED) is 0.164. The topological polar surface area (TPSA) is 51.8 Å². The van der Waals surface area contributed by atoms with E-state index in [0.717, 1.165) is 71.7 Å². The van der Waals surface area contributed by atoms with Gasteiger partial charge in [0.1, 0.15) is 11.2 Å². The predicted molar refractivity (Wildman–Crippen MR) is 244 cm³/mol. The van der Waals surface area contributed by atoms with Gasteiger partial charge in [-0.2, -0.15) is 0 Å². The van der Waals surface area contributed by atoms with Gasteiger partial charge in [0.05, 0.1) is 0 Å². The number of nitrogens with zero attached hydrogens (tertiary/aromatic N) is 3. The highest BCUT2D eigenvalue weighted by Crippen LogP contribution is 2.45. The zero-order valence-corrected chi connectivity index (χ0v) is 31.8. The number of benzene rings is 10. The third kappa shape index (κ3) is 5.42. The fourth-order valence-electron chi connectivity index (χ4n) is 8.97. The maximum absolute atomic E-state index is 6.81. The van der Waals surface area contributed by atoms with Gasteiger partial charge in [0, 0.05) is 32.8 Å². The van der Waals surface area contributed by atoms with E-state index in [-0.39, 0.29) is 0 Å². The van der Waals surface area contributed by atoms with E-state index in [4.69, 9.17) is 19.4 Å². The first-order valence-electron chi connectivity index (χ1n) is 19.9. The van der Waals surface area contributed by atoms with Crippen molar-refractivity contribution in [1.82, 2.24) is 15.0 Å². The molecule has 0 unspecified atom stereocenters. The molecular weight excluding hydrogens is 719 g/mol. The Bertz CT molecular complexity index is 3520. The van der Waals surface area contributed by atoms with Crippen molar-refractivity contribution in [3.8, 4) is 56.4 Å². The lowest BCUT2D eigenvalue weighted by molar-refractivity contribution is 0.673. The van der Waals surface area contributed by atoms with Crippen molar-refractivity contribution in [2.45, 2.75) is 0 Å². The Morgan fingerprint density at radius 3 is 1.39 bits per heavy atom. The minimum Gasteiger partial charge on any atom is -0.455 e. The van der Waals surface area contributed by atoms with E-state index in [1.807, 2.05) is 60.7 Å². The minimum atomic E-state index is 0.623. The lowest BCUT2D eigenvalue weighted by Crippen LogP contribution is -2.00. The first-order valence-corrected chi connectivity index (χ1v) is 19.9. The molecule has 2 aromatic heterocycles. The van der Waals surface area contributed by atoms with E-state index in [0.29, 0.717) is 17.5 Å². The van der Waals surface area contributed by atoms with Gasteiger partial charge in [-0.3, -0.25) is 0 Å². The molecule has 0 saturated carbocycles. The molecule has 12 aromatic rings. The van der Waals surface area contributed by atoms with Crippen LogP contribution in [0, 0.1) is 0 Å². The fraction of sp³-hybridized carbons (Fsp3) is 0. The number of rotatable bonds is 5. The summed E-state index contributed by atoms with van der Waals surface area (Å²) in [6.45, 7) is 0. The van der Waals surface area contributed by atoms with Crippen LogP contribution in [0.2, 0.25) is 0 Å². The smallest absolute Gasteiger partial charge is 0.164 e. The van der Waals surface area contributed by atoms with E-state index in [2.05, 4.69) is 140 Å². The molecule has 0 N–H and O–H groups in total. The lowest BCUT2D eigenvalue weighted by atomic mass is 9.90. The molecular formula is C55H33N3O. The third-order valence-corrected chi connectivity index (χ3v) is 11.7. The molecule has 0 saturated heterocycles. The van der Waals surface area contributed by atoms with Crippen LogP contribution in [0.25, 0.3) is 121 Å². The maximum Gasteiger partial charge on any atom is 0.164 e. The van der Waals surface area contributed by atoms with E-state index < -0.39 is 0 Å². The fourth-order valence-corrected chi connectivity index (χ4v) is 8.97. The molecule has 0 amide bonds. The number of hydrogen-bond donors (Lipinski definition) is 0. The molecule has 0 aliphatic carbocycles. The van der Waals surface area contributed by atoms with Crippen molar-refractivity contribution in [3.63, 3.8) is 0 Å². The lowest BCUT2D eigenvalue weighted by Gasteiger charge is -2.13. The van der Waals surface area contributed by atoms with Crippen molar-refractivity contribution in [2.24, 2.45) is 0 Å². The molecule has 0 fully saturated rings. The summed E-state index contributed by atoms with van der Waals surface area (Å²) in [5.74, 6) is 1.90. The molecule has 10 aromatic carbocycles. The summed E-state index contributed by atoms with van der Waals surface area (Å²) in [6, 6.07) is 70.5. The monoisotopic (exact) mass is 751 g/mol. The maximum atomic E-state index is 6.81. The Morgan fingerprint density at radius 2 is 0.746 bits per heavy atom. The van der Waals surface area contributed by atoms with Crippen LogP contribution < -0.4 is 0 Å². The van der Waals surface area contributed by atoms with Crippen molar-refractivity contribution >= 4 is 65.0 Å². The van der Waals surface area contributed by atoms with Crippen LogP contribution in [0.1, 0.15) is 0 Å². The predicted octanol–water partition coefficient (Wildman–Crippen LogP) is 14.7. The van der Waals surface area contributed by atoms with Crippen LogP contribution >= 0.6 is 0 Å². The van der Waals surface area contributed by atoms with Crippen molar-refractivity contribution in [2.75, 3.05) is 0 Å². The normalized spacial score (nSPS) is 11.7. The van der Waals surface area contributed by atoms with Gasteiger partial charge in [0.25, 0.3) is 0 Å². The van der Waals surface area contributed by atoms with E-state index in [9.17, 15) is 0 Å². The van der Waals surface area contributed by atoms with Crippen molar-refractivity contribution in [1.29, 1.82) is 0 Å².